The third kappa shape index (κ3) is 4.66. The first-order valence-electron chi connectivity index (χ1n) is 13.5. The largest absolute Gasteiger partial charge is 0.478 e. The van der Waals surface area contributed by atoms with Gasteiger partial charge in [-0.1, -0.05) is 51.7 Å². The van der Waals surface area contributed by atoms with Gasteiger partial charge in [-0.2, -0.15) is 4.98 Å². The number of benzene rings is 2. The number of aromatic carboxylic acids is 1. The zero-order valence-electron chi connectivity index (χ0n) is 21.4. The molecular weight excluding hydrogens is 555 g/mol. The second-order valence-corrected chi connectivity index (χ2v) is 11.5. The van der Waals surface area contributed by atoms with Crippen molar-refractivity contribution in [2.45, 2.75) is 69.2 Å². The topological polar surface area (TPSA) is 115 Å². The van der Waals surface area contributed by atoms with Crippen LogP contribution in [-0.4, -0.2) is 44.6 Å². The van der Waals surface area contributed by atoms with Crippen LogP contribution in [0.1, 0.15) is 66.1 Å². The van der Waals surface area contributed by atoms with Crippen molar-refractivity contribution in [1.82, 2.24) is 15.3 Å². The van der Waals surface area contributed by atoms with Crippen LogP contribution in [0, 0.1) is 0 Å². The summed E-state index contributed by atoms with van der Waals surface area (Å²) in [7, 11) is 0. The molecule has 1 saturated carbocycles. The van der Waals surface area contributed by atoms with Crippen molar-refractivity contribution in [2.24, 2.45) is 0 Å². The van der Waals surface area contributed by atoms with E-state index in [-0.39, 0.29) is 23.8 Å². The fourth-order valence-corrected chi connectivity index (χ4v) is 6.60. The van der Waals surface area contributed by atoms with Gasteiger partial charge in [0.15, 0.2) is 0 Å². The standard InChI is InChI=1S/C29H26Cl2N4O5/c30-22-2-1-3-23(31)24(22)25-21(26(39-33-25)15-4-5-15)14-38-20-12-18-10-11-19(13-20)35(18)29-32-27(34-40-29)16-6-8-17(9-7-16)28(36)37/h1-3,6-9,15,18-20H,4-5,10-14H2,(H,36,37). The number of rotatable bonds is 8. The Morgan fingerprint density at radius 3 is 2.33 bits per heavy atom. The molecular formula is C29H26Cl2N4O5. The summed E-state index contributed by atoms with van der Waals surface area (Å²) in [5, 5.41) is 18.8. The molecule has 3 aliphatic rings. The third-order valence-corrected chi connectivity index (χ3v) is 8.78. The van der Waals surface area contributed by atoms with E-state index >= 15 is 0 Å². The number of halogens is 2. The highest BCUT2D eigenvalue weighted by molar-refractivity contribution is 6.39. The maximum absolute atomic E-state index is 11.2. The molecule has 2 aromatic carbocycles. The predicted molar refractivity (Wildman–Crippen MR) is 148 cm³/mol. The number of ether oxygens (including phenoxy) is 1. The molecule has 4 aromatic rings. The average Bonchev–Trinajstić information content (AvgIpc) is 3.42. The third-order valence-electron chi connectivity index (χ3n) is 8.15. The predicted octanol–water partition coefficient (Wildman–Crippen LogP) is 6.99. The van der Waals surface area contributed by atoms with Crippen molar-refractivity contribution in [3.05, 3.63) is 69.4 Å². The molecule has 2 saturated heterocycles. The van der Waals surface area contributed by atoms with Crippen LogP contribution in [0.25, 0.3) is 22.6 Å². The highest BCUT2D eigenvalue weighted by atomic mass is 35.5. The molecule has 40 heavy (non-hydrogen) atoms. The van der Waals surface area contributed by atoms with E-state index in [0.29, 0.717) is 51.2 Å². The zero-order chi connectivity index (χ0) is 27.4. The van der Waals surface area contributed by atoms with Gasteiger partial charge in [0.1, 0.15) is 11.5 Å². The molecule has 7 rings (SSSR count). The number of carboxylic acid groups (broad SMARTS) is 1. The second kappa shape index (κ2) is 10.2. The Kier molecular flexibility index (Phi) is 6.53. The Bertz CT molecular complexity index is 1530. The summed E-state index contributed by atoms with van der Waals surface area (Å²) in [4.78, 5) is 18.0. The normalized spacial score (nSPS) is 22.1. The maximum atomic E-state index is 11.2. The number of hydrogen-bond acceptors (Lipinski definition) is 8. The van der Waals surface area contributed by atoms with Crippen LogP contribution in [-0.2, 0) is 11.3 Å². The first-order chi connectivity index (χ1) is 19.5. The molecule has 2 atom stereocenters. The van der Waals surface area contributed by atoms with Crippen molar-refractivity contribution in [1.29, 1.82) is 0 Å². The van der Waals surface area contributed by atoms with Gasteiger partial charge in [0, 0.05) is 34.7 Å². The molecule has 206 valence electrons. The molecule has 2 bridgehead atoms. The van der Waals surface area contributed by atoms with Gasteiger partial charge >= 0.3 is 12.0 Å². The minimum absolute atomic E-state index is 0.0659. The first kappa shape index (κ1) is 25.6. The number of carboxylic acids is 1. The molecule has 9 nitrogen and oxygen atoms in total. The van der Waals surface area contributed by atoms with Gasteiger partial charge in [0.25, 0.3) is 0 Å². The van der Waals surface area contributed by atoms with Crippen molar-refractivity contribution >= 4 is 35.2 Å². The maximum Gasteiger partial charge on any atom is 0.335 e. The molecule has 1 aliphatic carbocycles. The number of nitrogens with zero attached hydrogens (tertiary/aromatic N) is 4. The fraction of sp³-hybridized carbons (Fsp3) is 0.379. The van der Waals surface area contributed by atoms with Crippen LogP contribution in [0.2, 0.25) is 10.0 Å². The highest BCUT2D eigenvalue weighted by Crippen LogP contribution is 2.47. The molecule has 1 N–H and O–H groups in total. The summed E-state index contributed by atoms with van der Waals surface area (Å²) < 4.78 is 18.0. The van der Waals surface area contributed by atoms with E-state index in [1.807, 2.05) is 6.07 Å². The summed E-state index contributed by atoms with van der Waals surface area (Å²) in [6.07, 6.45) is 5.96. The molecule has 11 heteroatoms. The Balaban J connectivity index is 1.06. The SMILES string of the molecule is O=C(O)c1ccc(-c2noc(N3C4CCC3CC(OCc3c(-c5c(Cl)cccc5Cl)noc3C3CC3)C4)n2)cc1. The lowest BCUT2D eigenvalue weighted by molar-refractivity contribution is 0.0138. The Hall–Kier alpha value is -3.40. The van der Waals surface area contributed by atoms with Crippen molar-refractivity contribution in [3.63, 3.8) is 0 Å². The zero-order valence-corrected chi connectivity index (χ0v) is 22.9. The lowest BCUT2D eigenvalue weighted by atomic mass is 9.99. The number of anilines is 1. The second-order valence-electron chi connectivity index (χ2n) is 10.7. The van der Waals surface area contributed by atoms with Crippen LogP contribution < -0.4 is 4.90 Å². The molecule has 4 heterocycles. The van der Waals surface area contributed by atoms with Gasteiger partial charge in [0.2, 0.25) is 5.82 Å². The number of carbonyl (C=O) groups is 1. The molecule has 0 spiro atoms. The van der Waals surface area contributed by atoms with Crippen LogP contribution in [0.4, 0.5) is 6.01 Å². The number of fused-ring (bicyclic) bond motifs is 2. The van der Waals surface area contributed by atoms with Crippen LogP contribution in [0.15, 0.2) is 51.5 Å². The Morgan fingerprint density at radius 1 is 0.975 bits per heavy atom. The summed E-state index contributed by atoms with van der Waals surface area (Å²) in [6.45, 7) is 0.382. The van der Waals surface area contributed by atoms with Crippen LogP contribution >= 0.6 is 23.2 Å². The number of piperidine rings is 1. The van der Waals surface area contributed by atoms with E-state index in [1.165, 1.54) is 12.1 Å². The fourth-order valence-electron chi connectivity index (χ4n) is 6.02. The van der Waals surface area contributed by atoms with Crippen LogP contribution in [0.3, 0.4) is 0 Å². The number of hydrogen-bond donors (Lipinski definition) is 1. The molecule has 0 amide bonds. The van der Waals surface area contributed by atoms with E-state index in [0.717, 1.165) is 49.8 Å². The van der Waals surface area contributed by atoms with Gasteiger partial charge in [-0.15, -0.1) is 0 Å². The quantitative estimate of drug-likeness (QED) is 0.235. The summed E-state index contributed by atoms with van der Waals surface area (Å²) in [6, 6.07) is 12.8. The smallest absolute Gasteiger partial charge is 0.335 e. The van der Waals surface area contributed by atoms with E-state index in [1.54, 1.807) is 24.3 Å². The molecule has 3 fully saturated rings. The van der Waals surface area contributed by atoms with Crippen LogP contribution in [0.5, 0.6) is 0 Å². The molecule has 0 radical (unpaired) electrons. The minimum atomic E-state index is -0.973. The summed E-state index contributed by atoms with van der Waals surface area (Å²) >= 11 is 13.0. The van der Waals surface area contributed by atoms with E-state index < -0.39 is 5.97 Å². The van der Waals surface area contributed by atoms with Crippen molar-refractivity contribution in [3.8, 4) is 22.6 Å². The molecule has 2 aliphatic heterocycles. The molecule has 2 aromatic heterocycles. The van der Waals surface area contributed by atoms with E-state index in [4.69, 9.17) is 42.1 Å². The van der Waals surface area contributed by atoms with Gasteiger partial charge in [-0.3, -0.25) is 0 Å². The number of aromatic nitrogens is 3. The average molecular weight is 581 g/mol. The summed E-state index contributed by atoms with van der Waals surface area (Å²) in [5.74, 6) is 0.710. The highest BCUT2D eigenvalue weighted by Gasteiger charge is 2.44. The first-order valence-corrected chi connectivity index (χ1v) is 14.2. The molecule has 2 unspecified atom stereocenters. The monoisotopic (exact) mass is 580 g/mol. The van der Waals surface area contributed by atoms with E-state index in [2.05, 4.69) is 20.2 Å². The lowest BCUT2D eigenvalue weighted by Crippen LogP contribution is -2.45. The van der Waals surface area contributed by atoms with Gasteiger partial charge in [0.05, 0.1) is 28.3 Å². The lowest BCUT2D eigenvalue weighted by Gasteiger charge is -2.37. The van der Waals surface area contributed by atoms with Gasteiger partial charge in [-0.05, 0) is 62.8 Å². The minimum Gasteiger partial charge on any atom is -0.478 e. The van der Waals surface area contributed by atoms with Crippen molar-refractivity contribution in [2.75, 3.05) is 4.90 Å². The van der Waals surface area contributed by atoms with Crippen molar-refractivity contribution < 1.29 is 23.7 Å². The van der Waals surface area contributed by atoms with E-state index in [9.17, 15) is 4.79 Å². The summed E-state index contributed by atoms with van der Waals surface area (Å²) in [5.41, 5.74) is 3.19. The van der Waals surface area contributed by atoms with Gasteiger partial charge in [-0.25, -0.2) is 4.79 Å². The Labute approximate surface area is 240 Å². The Morgan fingerprint density at radius 2 is 1.68 bits per heavy atom. The van der Waals surface area contributed by atoms with Gasteiger partial charge < -0.3 is 23.8 Å².